The zero-order valence-electron chi connectivity index (χ0n) is 13.4. The Morgan fingerprint density at radius 1 is 1.09 bits per heavy atom. The summed E-state index contributed by atoms with van der Waals surface area (Å²) < 4.78 is 2.12. The van der Waals surface area contributed by atoms with Crippen molar-refractivity contribution in [3.05, 3.63) is 60.6 Å². The summed E-state index contributed by atoms with van der Waals surface area (Å²) in [4.78, 5) is 9.18. The fourth-order valence-electron chi connectivity index (χ4n) is 3.04. The lowest BCUT2D eigenvalue weighted by Crippen LogP contribution is -2.30. The van der Waals surface area contributed by atoms with Gasteiger partial charge in [0.1, 0.15) is 7.05 Å². The predicted octanol–water partition coefficient (Wildman–Crippen LogP) is 4.11. The molecule has 3 aromatic rings. The molecule has 0 aliphatic carbocycles. The molecule has 2 aromatic carbocycles. The summed E-state index contributed by atoms with van der Waals surface area (Å²) in [6.07, 6.45) is 5.73. The third-order valence-corrected chi connectivity index (χ3v) is 5.45. The predicted molar refractivity (Wildman–Crippen MR) is 94.2 cm³/mol. The molecule has 0 N–H and O–H groups in total. The van der Waals surface area contributed by atoms with Crippen molar-refractivity contribution < 1.29 is 4.57 Å². The number of hydrogen-bond donors (Lipinski definition) is 0. The minimum Gasteiger partial charge on any atom is -0.343 e. The summed E-state index contributed by atoms with van der Waals surface area (Å²) in [6, 6.07) is 13.1. The highest BCUT2D eigenvalue weighted by molar-refractivity contribution is 7.99. The first-order valence-corrected chi connectivity index (χ1v) is 8.42. The molecule has 4 heteroatoms. The molecule has 1 aliphatic heterocycles. The number of aryl methyl sites for hydroxylation is 2. The summed E-state index contributed by atoms with van der Waals surface area (Å²) in [5.41, 5.74) is 6.14. The van der Waals surface area contributed by atoms with Crippen LogP contribution in [0.1, 0.15) is 5.56 Å². The lowest BCUT2D eigenvalue weighted by molar-refractivity contribution is -0.660. The molecule has 1 aliphatic rings. The number of aromatic nitrogens is 2. The van der Waals surface area contributed by atoms with Crippen LogP contribution in [0.15, 0.2) is 64.8 Å². The average molecular weight is 320 g/mol. The first kappa shape index (κ1) is 14.3. The zero-order chi connectivity index (χ0) is 16.0. The van der Waals surface area contributed by atoms with Gasteiger partial charge in [0, 0.05) is 16.8 Å². The van der Waals surface area contributed by atoms with Crippen LogP contribution in [0.2, 0.25) is 0 Å². The lowest BCUT2D eigenvalue weighted by atomic mass is 10.0. The Morgan fingerprint density at radius 3 is 2.74 bits per heavy atom. The van der Waals surface area contributed by atoms with Gasteiger partial charge >= 0.3 is 0 Å². The van der Waals surface area contributed by atoms with E-state index in [1.54, 1.807) is 0 Å². The fraction of sp³-hybridized carbons (Fsp3) is 0.158. The van der Waals surface area contributed by atoms with Crippen molar-refractivity contribution in [3.63, 3.8) is 0 Å². The number of hydrogen-bond acceptors (Lipinski definition) is 3. The first-order valence-electron chi connectivity index (χ1n) is 7.60. The second-order valence-electron chi connectivity index (χ2n) is 5.84. The molecule has 0 saturated heterocycles. The zero-order valence-corrected chi connectivity index (χ0v) is 14.3. The van der Waals surface area contributed by atoms with E-state index in [-0.39, 0.29) is 0 Å². The van der Waals surface area contributed by atoms with Crippen LogP contribution >= 0.6 is 11.8 Å². The maximum atomic E-state index is 4.29. The molecule has 114 valence electrons. The Kier molecular flexibility index (Phi) is 3.34. The minimum absolute atomic E-state index is 1.13. The first-order chi connectivity index (χ1) is 11.1. The standard InChI is InChI=1S/C19H18N3S/c1-13-10-19-16(11-14(13)17-12-20-8-9-21(17)2)22(3)15-6-4-5-7-18(15)23-19/h4-12H,1-3H3/q+1. The Bertz CT molecular complexity index is 905. The van der Waals surface area contributed by atoms with E-state index >= 15 is 0 Å². The van der Waals surface area contributed by atoms with Crippen molar-refractivity contribution in [2.45, 2.75) is 16.7 Å². The van der Waals surface area contributed by atoms with Crippen molar-refractivity contribution in [3.8, 4) is 11.3 Å². The van der Waals surface area contributed by atoms with Gasteiger partial charge in [0.15, 0.2) is 6.20 Å². The smallest absolute Gasteiger partial charge is 0.231 e. The molecule has 1 aromatic heterocycles. The van der Waals surface area contributed by atoms with Crippen molar-refractivity contribution in [1.82, 2.24) is 4.98 Å². The molecule has 0 amide bonds. The van der Waals surface area contributed by atoms with E-state index in [0.29, 0.717) is 0 Å². The van der Waals surface area contributed by atoms with E-state index in [1.165, 1.54) is 32.3 Å². The highest BCUT2D eigenvalue weighted by Crippen LogP contribution is 2.48. The molecule has 2 heterocycles. The van der Waals surface area contributed by atoms with E-state index in [1.807, 2.05) is 30.4 Å². The van der Waals surface area contributed by atoms with Crippen molar-refractivity contribution >= 4 is 23.1 Å². The van der Waals surface area contributed by atoms with E-state index in [2.05, 4.69) is 71.9 Å². The number of fused-ring (bicyclic) bond motifs is 2. The number of rotatable bonds is 1. The highest BCUT2D eigenvalue weighted by atomic mass is 32.2. The molecule has 0 bridgehead atoms. The van der Waals surface area contributed by atoms with Gasteiger partial charge in [0.25, 0.3) is 0 Å². The molecule has 0 unspecified atom stereocenters. The molecular weight excluding hydrogens is 302 g/mol. The lowest BCUT2D eigenvalue weighted by Gasteiger charge is -2.30. The Morgan fingerprint density at radius 2 is 1.91 bits per heavy atom. The summed E-state index contributed by atoms with van der Waals surface area (Å²) >= 11 is 1.84. The van der Waals surface area contributed by atoms with Crippen molar-refractivity contribution in [1.29, 1.82) is 0 Å². The van der Waals surface area contributed by atoms with Crippen LogP contribution in [0.5, 0.6) is 0 Å². The second-order valence-corrected chi connectivity index (χ2v) is 6.92. The number of para-hydroxylation sites is 1. The molecule has 4 rings (SSSR count). The van der Waals surface area contributed by atoms with Gasteiger partial charge < -0.3 is 4.90 Å². The molecule has 23 heavy (non-hydrogen) atoms. The minimum atomic E-state index is 1.13. The van der Waals surface area contributed by atoms with Gasteiger partial charge in [-0.15, -0.1) is 0 Å². The fourth-order valence-corrected chi connectivity index (χ4v) is 4.27. The van der Waals surface area contributed by atoms with Crippen LogP contribution in [-0.2, 0) is 7.05 Å². The Labute approximate surface area is 140 Å². The number of anilines is 2. The van der Waals surface area contributed by atoms with E-state index in [9.17, 15) is 0 Å². The number of benzene rings is 2. The van der Waals surface area contributed by atoms with E-state index < -0.39 is 0 Å². The van der Waals surface area contributed by atoms with Gasteiger partial charge in [-0.2, -0.15) is 4.57 Å². The van der Waals surface area contributed by atoms with Gasteiger partial charge in [0.05, 0.1) is 29.3 Å². The summed E-state index contributed by atoms with van der Waals surface area (Å²) in [5.74, 6) is 0. The van der Waals surface area contributed by atoms with Gasteiger partial charge in [-0.05, 0) is 36.8 Å². The molecule has 0 saturated carbocycles. The quantitative estimate of drug-likeness (QED) is 0.629. The van der Waals surface area contributed by atoms with Gasteiger partial charge in [0.2, 0.25) is 5.69 Å². The molecule has 0 radical (unpaired) electrons. The van der Waals surface area contributed by atoms with Crippen LogP contribution < -0.4 is 9.47 Å². The van der Waals surface area contributed by atoms with E-state index in [4.69, 9.17) is 0 Å². The van der Waals surface area contributed by atoms with Gasteiger partial charge in [-0.3, -0.25) is 4.98 Å². The van der Waals surface area contributed by atoms with Gasteiger partial charge in [-0.1, -0.05) is 23.9 Å². The Hall–Kier alpha value is -2.33. The normalized spacial score (nSPS) is 12.7. The van der Waals surface area contributed by atoms with Crippen LogP contribution in [0.25, 0.3) is 11.3 Å². The third-order valence-electron chi connectivity index (χ3n) is 4.34. The van der Waals surface area contributed by atoms with Crippen molar-refractivity contribution in [2.75, 3.05) is 11.9 Å². The van der Waals surface area contributed by atoms with Gasteiger partial charge in [-0.25, -0.2) is 0 Å². The van der Waals surface area contributed by atoms with Crippen LogP contribution in [0.3, 0.4) is 0 Å². The molecular formula is C19H18N3S+. The summed E-state index contributed by atoms with van der Waals surface area (Å²) in [5, 5.41) is 0. The molecule has 0 spiro atoms. The second kappa shape index (κ2) is 5.39. The largest absolute Gasteiger partial charge is 0.343 e. The van der Waals surface area contributed by atoms with Crippen LogP contribution in [-0.4, -0.2) is 12.0 Å². The molecule has 0 fully saturated rings. The summed E-state index contributed by atoms with van der Waals surface area (Å²) in [7, 11) is 4.20. The molecule has 3 nitrogen and oxygen atoms in total. The van der Waals surface area contributed by atoms with E-state index in [0.717, 1.165) is 5.69 Å². The van der Waals surface area contributed by atoms with Crippen LogP contribution in [0.4, 0.5) is 11.4 Å². The third kappa shape index (κ3) is 2.30. The SMILES string of the molecule is Cc1cc2c(cc1-c1cncc[n+]1C)N(C)c1ccccc1S2. The number of nitrogens with zero attached hydrogens (tertiary/aromatic N) is 3. The van der Waals surface area contributed by atoms with Crippen molar-refractivity contribution in [2.24, 2.45) is 7.05 Å². The highest BCUT2D eigenvalue weighted by Gasteiger charge is 2.23. The summed E-state index contributed by atoms with van der Waals surface area (Å²) in [6.45, 7) is 2.17. The van der Waals surface area contributed by atoms with Crippen LogP contribution in [0, 0.1) is 6.92 Å². The molecule has 0 atom stereocenters. The topological polar surface area (TPSA) is 20.0 Å². The maximum Gasteiger partial charge on any atom is 0.231 e. The maximum absolute atomic E-state index is 4.29. The monoisotopic (exact) mass is 320 g/mol. The Balaban J connectivity index is 1.89. The average Bonchev–Trinajstić information content (AvgIpc) is 2.55.